The number of aromatic nitrogens is 2. The van der Waals surface area contributed by atoms with Crippen LogP contribution in [0.1, 0.15) is 23.7 Å². The summed E-state index contributed by atoms with van der Waals surface area (Å²) in [4.78, 5) is 6.87. The molecular formula is C23H15ClF3N3O3S. The van der Waals surface area contributed by atoms with Gasteiger partial charge in [0.1, 0.15) is 5.82 Å². The third-order valence-electron chi connectivity index (χ3n) is 5.70. The van der Waals surface area contributed by atoms with Gasteiger partial charge in [-0.15, -0.1) is 0 Å². The van der Waals surface area contributed by atoms with E-state index in [0.29, 0.717) is 29.4 Å². The Morgan fingerprint density at radius 1 is 1.09 bits per heavy atom. The average molecular weight is 506 g/mol. The summed E-state index contributed by atoms with van der Waals surface area (Å²) in [6, 6.07) is 8.75. The zero-order valence-corrected chi connectivity index (χ0v) is 18.8. The molecule has 0 saturated carbocycles. The number of fused-ring (bicyclic) bond motifs is 2. The summed E-state index contributed by atoms with van der Waals surface area (Å²) in [5.41, 5.74) is 0.186. The van der Waals surface area contributed by atoms with Crippen molar-refractivity contribution in [3.05, 3.63) is 82.5 Å². The summed E-state index contributed by atoms with van der Waals surface area (Å²) < 4.78 is 71.8. The smallest absolute Gasteiger partial charge is 0.309 e. The molecule has 11 heteroatoms. The van der Waals surface area contributed by atoms with Crippen molar-refractivity contribution < 1.29 is 26.7 Å². The maximum Gasteiger partial charge on any atom is 0.309 e. The lowest BCUT2D eigenvalue weighted by atomic mass is 10.0. The number of anilines is 1. The van der Waals surface area contributed by atoms with E-state index in [1.165, 1.54) is 36.5 Å². The van der Waals surface area contributed by atoms with Crippen molar-refractivity contribution in [2.45, 2.75) is 23.8 Å². The Kier molecular flexibility index (Phi) is 5.46. The van der Waals surface area contributed by atoms with Crippen LogP contribution in [0.5, 0.6) is 0 Å². The second-order valence-corrected chi connectivity index (χ2v) is 9.92. The van der Waals surface area contributed by atoms with Crippen LogP contribution < -0.4 is 4.72 Å². The zero-order chi connectivity index (χ0) is 24.2. The first kappa shape index (κ1) is 22.6. The van der Waals surface area contributed by atoms with E-state index < -0.39 is 45.1 Å². The van der Waals surface area contributed by atoms with Gasteiger partial charge in [0.2, 0.25) is 0 Å². The zero-order valence-electron chi connectivity index (χ0n) is 17.2. The van der Waals surface area contributed by atoms with Crippen LogP contribution in [0, 0.1) is 17.7 Å². The van der Waals surface area contributed by atoms with Crippen LogP contribution in [-0.4, -0.2) is 23.5 Å². The van der Waals surface area contributed by atoms with Crippen molar-refractivity contribution in [2.24, 2.45) is 0 Å². The summed E-state index contributed by atoms with van der Waals surface area (Å²) in [5, 5.41) is 10.6. The fourth-order valence-electron chi connectivity index (χ4n) is 4.14. The van der Waals surface area contributed by atoms with Gasteiger partial charge in [0.15, 0.2) is 5.82 Å². The summed E-state index contributed by atoms with van der Waals surface area (Å²) in [5.74, 6) is -2.06. The molecule has 174 valence electrons. The van der Waals surface area contributed by atoms with Gasteiger partial charge in [-0.25, -0.2) is 27.2 Å². The number of benzene rings is 3. The SMILES string of the molecule is O=S(=O)(Nc1ccc(F)c(-c2ccc3nc(F)ncc3c2)c1F)c1cc(Cl)cc2c1CC[C@H]2O. The molecule has 6 nitrogen and oxygen atoms in total. The van der Waals surface area contributed by atoms with Crippen LogP contribution in [0.3, 0.4) is 0 Å². The van der Waals surface area contributed by atoms with Crippen molar-refractivity contribution in [1.29, 1.82) is 0 Å². The lowest BCUT2D eigenvalue weighted by molar-refractivity contribution is 0.180. The molecule has 0 aliphatic heterocycles. The highest BCUT2D eigenvalue weighted by atomic mass is 35.5. The van der Waals surface area contributed by atoms with Crippen LogP contribution in [0.2, 0.25) is 5.02 Å². The van der Waals surface area contributed by atoms with E-state index in [4.69, 9.17) is 11.6 Å². The molecule has 0 radical (unpaired) electrons. The quantitative estimate of drug-likeness (QED) is 0.374. The summed E-state index contributed by atoms with van der Waals surface area (Å²) in [7, 11) is -4.33. The first-order valence-corrected chi connectivity index (χ1v) is 11.9. The molecule has 0 saturated heterocycles. The van der Waals surface area contributed by atoms with Gasteiger partial charge in [-0.2, -0.15) is 4.39 Å². The van der Waals surface area contributed by atoms with Crippen LogP contribution >= 0.6 is 11.6 Å². The van der Waals surface area contributed by atoms with Crippen LogP contribution in [0.15, 0.2) is 53.6 Å². The Bertz CT molecular complexity index is 1580. The molecule has 4 aromatic rings. The number of aliphatic hydroxyl groups excluding tert-OH is 1. The van der Waals surface area contributed by atoms with Gasteiger partial charge in [-0.05, 0) is 65.9 Å². The van der Waals surface area contributed by atoms with Crippen molar-refractivity contribution in [1.82, 2.24) is 9.97 Å². The van der Waals surface area contributed by atoms with Gasteiger partial charge < -0.3 is 5.11 Å². The first-order chi connectivity index (χ1) is 16.1. The van der Waals surface area contributed by atoms with Gasteiger partial charge >= 0.3 is 6.08 Å². The number of hydrogen-bond donors (Lipinski definition) is 2. The van der Waals surface area contributed by atoms with E-state index >= 15 is 4.39 Å². The third kappa shape index (κ3) is 3.87. The number of aliphatic hydroxyl groups is 1. The van der Waals surface area contributed by atoms with Crippen molar-refractivity contribution in [3.63, 3.8) is 0 Å². The molecule has 34 heavy (non-hydrogen) atoms. The lowest BCUT2D eigenvalue weighted by Crippen LogP contribution is -2.16. The molecule has 0 amide bonds. The van der Waals surface area contributed by atoms with Gasteiger partial charge in [-0.3, -0.25) is 4.72 Å². The minimum Gasteiger partial charge on any atom is -0.388 e. The normalized spacial score (nSPS) is 15.5. The topological polar surface area (TPSA) is 92.2 Å². The molecule has 1 aromatic heterocycles. The number of halogens is 4. The van der Waals surface area contributed by atoms with Crippen LogP contribution in [0.4, 0.5) is 18.9 Å². The molecule has 0 fully saturated rings. The van der Waals surface area contributed by atoms with Crippen molar-refractivity contribution in [3.8, 4) is 11.1 Å². The Morgan fingerprint density at radius 2 is 1.88 bits per heavy atom. The average Bonchev–Trinajstić information content (AvgIpc) is 3.15. The monoisotopic (exact) mass is 505 g/mol. The van der Waals surface area contributed by atoms with Crippen molar-refractivity contribution in [2.75, 3.05) is 4.72 Å². The standard InChI is InChI=1S/C23H15ClF3N3O3S/c24-13-8-15-14(2-6-19(15)31)20(9-13)34(32,33)30-18-5-3-16(25)21(22(18)26)11-1-4-17-12(7-11)10-28-23(27)29-17/h1,3-5,7-10,19,30-31H,2,6H2/t19-/m1/s1. The molecule has 5 rings (SSSR count). The number of hydrogen-bond acceptors (Lipinski definition) is 5. The molecule has 1 heterocycles. The molecule has 1 aliphatic rings. The van der Waals surface area contributed by atoms with Crippen LogP contribution in [0.25, 0.3) is 22.0 Å². The predicted molar refractivity (Wildman–Crippen MR) is 120 cm³/mol. The molecule has 1 aliphatic carbocycles. The minimum atomic E-state index is -4.33. The van der Waals surface area contributed by atoms with Gasteiger partial charge in [-0.1, -0.05) is 17.7 Å². The molecule has 2 N–H and O–H groups in total. The highest BCUT2D eigenvalue weighted by molar-refractivity contribution is 7.92. The molecule has 3 aromatic carbocycles. The van der Waals surface area contributed by atoms with Crippen molar-refractivity contribution >= 4 is 38.2 Å². The second-order valence-electron chi connectivity index (χ2n) is 7.83. The summed E-state index contributed by atoms with van der Waals surface area (Å²) in [6.07, 6.45) is 0.0395. The number of rotatable bonds is 4. The van der Waals surface area contributed by atoms with Gasteiger partial charge in [0.05, 0.1) is 27.8 Å². The lowest BCUT2D eigenvalue weighted by Gasteiger charge is -2.15. The molecule has 0 spiro atoms. The number of nitrogens with one attached hydrogen (secondary N) is 1. The highest BCUT2D eigenvalue weighted by Crippen LogP contribution is 2.39. The van der Waals surface area contributed by atoms with E-state index in [9.17, 15) is 22.3 Å². The van der Waals surface area contributed by atoms with Gasteiger partial charge in [0.25, 0.3) is 10.0 Å². The Morgan fingerprint density at radius 3 is 2.68 bits per heavy atom. The fourth-order valence-corrected chi connectivity index (χ4v) is 5.81. The Labute approximate surface area is 197 Å². The maximum absolute atomic E-state index is 15.4. The Balaban J connectivity index is 1.58. The minimum absolute atomic E-state index is 0.0884. The van der Waals surface area contributed by atoms with E-state index in [0.717, 1.165) is 12.1 Å². The largest absolute Gasteiger partial charge is 0.388 e. The Hall–Kier alpha value is -3.21. The molecular weight excluding hydrogens is 491 g/mol. The molecule has 0 unspecified atom stereocenters. The molecule has 0 bridgehead atoms. The predicted octanol–water partition coefficient (Wildman–Crippen LogP) is 5.15. The number of nitrogens with zero attached hydrogens (tertiary/aromatic N) is 2. The maximum atomic E-state index is 15.4. The summed E-state index contributed by atoms with van der Waals surface area (Å²) >= 11 is 6.06. The second kappa shape index (κ2) is 8.23. The van der Waals surface area contributed by atoms with E-state index in [1.54, 1.807) is 0 Å². The van der Waals surface area contributed by atoms with Gasteiger partial charge in [0, 0.05) is 16.6 Å². The molecule has 1 atom stereocenters. The van der Waals surface area contributed by atoms with E-state index in [-0.39, 0.29) is 21.0 Å². The summed E-state index contributed by atoms with van der Waals surface area (Å²) in [6.45, 7) is 0. The van der Waals surface area contributed by atoms with E-state index in [1.807, 2.05) is 0 Å². The third-order valence-corrected chi connectivity index (χ3v) is 7.35. The highest BCUT2D eigenvalue weighted by Gasteiger charge is 2.30. The first-order valence-electron chi connectivity index (χ1n) is 10.1. The number of sulfonamides is 1. The fraction of sp³-hybridized carbons (Fsp3) is 0.130. The van der Waals surface area contributed by atoms with Crippen LogP contribution in [-0.2, 0) is 16.4 Å². The van der Waals surface area contributed by atoms with E-state index in [2.05, 4.69) is 14.7 Å².